The van der Waals surface area contributed by atoms with E-state index >= 15 is 0 Å². The standard InChI is InChI=1S/C13H12F3N3OS/c14-13(15,16)11-7-10(2-1-9(11)8-17)18-12(20)19-3-5-21-6-4-19/h1-2,7H,3-6H2,(H,18,20). The van der Waals surface area contributed by atoms with Crippen molar-refractivity contribution in [1.82, 2.24) is 4.90 Å². The first-order valence-electron chi connectivity index (χ1n) is 6.17. The molecule has 21 heavy (non-hydrogen) atoms. The molecular weight excluding hydrogens is 303 g/mol. The van der Waals surface area contributed by atoms with Gasteiger partial charge in [-0.25, -0.2) is 4.79 Å². The minimum absolute atomic E-state index is 0.0320. The monoisotopic (exact) mass is 315 g/mol. The van der Waals surface area contributed by atoms with E-state index in [-0.39, 0.29) is 5.69 Å². The number of rotatable bonds is 1. The number of anilines is 1. The molecule has 0 unspecified atom stereocenters. The Morgan fingerprint density at radius 1 is 1.33 bits per heavy atom. The van der Waals surface area contributed by atoms with Crippen molar-refractivity contribution in [2.75, 3.05) is 29.9 Å². The molecule has 4 nitrogen and oxygen atoms in total. The molecule has 112 valence electrons. The number of urea groups is 1. The number of halogens is 3. The van der Waals surface area contributed by atoms with Crippen LogP contribution in [0.1, 0.15) is 11.1 Å². The number of nitrogens with zero attached hydrogens (tertiary/aromatic N) is 2. The molecular formula is C13H12F3N3OS. The summed E-state index contributed by atoms with van der Waals surface area (Å²) in [4.78, 5) is 13.5. The summed E-state index contributed by atoms with van der Waals surface area (Å²) >= 11 is 1.73. The zero-order valence-corrected chi connectivity index (χ0v) is 11.7. The average Bonchev–Trinajstić information content (AvgIpc) is 2.47. The molecule has 0 spiro atoms. The van der Waals surface area contributed by atoms with Gasteiger partial charge < -0.3 is 10.2 Å². The van der Waals surface area contributed by atoms with Crippen LogP contribution in [0.5, 0.6) is 0 Å². The fourth-order valence-electron chi connectivity index (χ4n) is 1.92. The number of nitriles is 1. The number of hydrogen-bond donors (Lipinski definition) is 1. The van der Waals surface area contributed by atoms with Gasteiger partial charge in [0.15, 0.2) is 0 Å². The van der Waals surface area contributed by atoms with Crippen molar-refractivity contribution in [3.63, 3.8) is 0 Å². The first-order chi connectivity index (χ1) is 9.91. The third-order valence-electron chi connectivity index (χ3n) is 2.99. The highest BCUT2D eigenvalue weighted by molar-refractivity contribution is 7.99. The summed E-state index contributed by atoms with van der Waals surface area (Å²) in [5, 5.41) is 11.2. The van der Waals surface area contributed by atoms with Crippen molar-refractivity contribution >= 4 is 23.5 Å². The van der Waals surface area contributed by atoms with Gasteiger partial charge in [-0.2, -0.15) is 30.2 Å². The van der Waals surface area contributed by atoms with Gasteiger partial charge in [0.25, 0.3) is 0 Å². The maximum Gasteiger partial charge on any atom is 0.417 e. The molecule has 1 aliphatic heterocycles. The molecule has 1 heterocycles. The second-order valence-electron chi connectivity index (χ2n) is 4.40. The molecule has 0 aromatic heterocycles. The Balaban J connectivity index is 2.17. The molecule has 1 N–H and O–H groups in total. The number of amides is 2. The van der Waals surface area contributed by atoms with Crippen molar-refractivity contribution in [2.45, 2.75) is 6.18 Å². The summed E-state index contributed by atoms with van der Waals surface area (Å²) in [5.41, 5.74) is -1.48. The van der Waals surface area contributed by atoms with Gasteiger partial charge in [0, 0.05) is 30.3 Å². The lowest BCUT2D eigenvalue weighted by atomic mass is 10.1. The number of thioether (sulfide) groups is 1. The molecule has 2 amide bonds. The molecule has 2 rings (SSSR count). The minimum atomic E-state index is -4.63. The predicted molar refractivity (Wildman–Crippen MR) is 74.1 cm³/mol. The van der Waals surface area contributed by atoms with Crippen molar-refractivity contribution < 1.29 is 18.0 Å². The second-order valence-corrected chi connectivity index (χ2v) is 5.62. The summed E-state index contributed by atoms with van der Waals surface area (Å²) in [6.07, 6.45) is -4.63. The molecule has 1 aromatic rings. The lowest BCUT2D eigenvalue weighted by Gasteiger charge is -2.26. The fraction of sp³-hybridized carbons (Fsp3) is 0.385. The maximum atomic E-state index is 12.8. The zero-order chi connectivity index (χ0) is 15.5. The number of nitrogens with one attached hydrogen (secondary N) is 1. The summed E-state index contributed by atoms with van der Waals surface area (Å²) in [7, 11) is 0. The van der Waals surface area contributed by atoms with Crippen LogP contribution in [0.2, 0.25) is 0 Å². The van der Waals surface area contributed by atoms with Gasteiger partial charge in [0.2, 0.25) is 0 Å². The third kappa shape index (κ3) is 3.82. The lowest BCUT2D eigenvalue weighted by molar-refractivity contribution is -0.137. The van der Waals surface area contributed by atoms with Gasteiger partial charge in [-0.1, -0.05) is 0 Å². The Kier molecular flexibility index (Phi) is 4.63. The van der Waals surface area contributed by atoms with Crippen LogP contribution >= 0.6 is 11.8 Å². The van der Waals surface area contributed by atoms with Crippen LogP contribution in [0.25, 0.3) is 0 Å². The number of benzene rings is 1. The molecule has 1 aromatic carbocycles. The molecule has 0 atom stereocenters. The van der Waals surface area contributed by atoms with Gasteiger partial charge in [-0.3, -0.25) is 0 Å². The zero-order valence-electron chi connectivity index (χ0n) is 10.9. The normalized spacial score (nSPS) is 15.4. The Morgan fingerprint density at radius 2 is 2.00 bits per heavy atom. The van der Waals surface area contributed by atoms with Crippen LogP contribution in [0.4, 0.5) is 23.7 Å². The summed E-state index contributed by atoms with van der Waals surface area (Å²) in [5.74, 6) is 1.63. The molecule has 1 aliphatic rings. The topological polar surface area (TPSA) is 56.1 Å². The van der Waals surface area contributed by atoms with Crippen LogP contribution in [0.15, 0.2) is 18.2 Å². The minimum Gasteiger partial charge on any atom is -0.323 e. The maximum absolute atomic E-state index is 12.8. The van der Waals surface area contributed by atoms with E-state index in [1.165, 1.54) is 12.1 Å². The predicted octanol–water partition coefficient (Wildman–Crippen LogP) is 3.16. The van der Waals surface area contributed by atoms with E-state index in [4.69, 9.17) is 5.26 Å². The van der Waals surface area contributed by atoms with Crippen LogP contribution in [-0.4, -0.2) is 35.5 Å². The molecule has 0 bridgehead atoms. The van der Waals surface area contributed by atoms with Gasteiger partial charge in [-0.15, -0.1) is 0 Å². The third-order valence-corrected chi connectivity index (χ3v) is 3.94. The smallest absolute Gasteiger partial charge is 0.323 e. The van der Waals surface area contributed by atoms with E-state index in [0.717, 1.165) is 23.6 Å². The average molecular weight is 315 g/mol. The second kappa shape index (κ2) is 6.26. The van der Waals surface area contributed by atoms with E-state index in [9.17, 15) is 18.0 Å². The van der Waals surface area contributed by atoms with Crippen LogP contribution in [0, 0.1) is 11.3 Å². The molecule has 8 heteroatoms. The number of carbonyl (C=O) groups excluding carboxylic acids is 1. The van der Waals surface area contributed by atoms with Crippen LogP contribution in [-0.2, 0) is 6.18 Å². The first kappa shape index (κ1) is 15.5. The Morgan fingerprint density at radius 3 is 2.57 bits per heavy atom. The number of alkyl halides is 3. The van der Waals surface area contributed by atoms with Crippen LogP contribution < -0.4 is 5.32 Å². The van der Waals surface area contributed by atoms with Gasteiger partial charge in [0.05, 0.1) is 17.2 Å². The number of hydrogen-bond acceptors (Lipinski definition) is 3. The van der Waals surface area contributed by atoms with Gasteiger partial charge >= 0.3 is 12.2 Å². The highest BCUT2D eigenvalue weighted by Crippen LogP contribution is 2.33. The van der Waals surface area contributed by atoms with E-state index < -0.39 is 23.3 Å². The summed E-state index contributed by atoms with van der Waals surface area (Å²) in [6, 6.07) is 4.22. The van der Waals surface area contributed by atoms with Gasteiger partial charge in [-0.05, 0) is 18.2 Å². The van der Waals surface area contributed by atoms with Crippen LogP contribution in [0.3, 0.4) is 0 Å². The summed E-state index contributed by atoms with van der Waals surface area (Å²) < 4.78 is 38.5. The molecule has 0 saturated carbocycles. The largest absolute Gasteiger partial charge is 0.417 e. The quantitative estimate of drug-likeness (QED) is 0.866. The van der Waals surface area contributed by atoms with Crippen molar-refractivity contribution in [2.24, 2.45) is 0 Å². The van der Waals surface area contributed by atoms with E-state index in [1.54, 1.807) is 16.7 Å². The Labute approximate surface area is 123 Å². The highest BCUT2D eigenvalue weighted by atomic mass is 32.2. The van der Waals surface area contributed by atoms with E-state index in [0.29, 0.717) is 13.1 Å². The Bertz CT molecular complexity index is 577. The van der Waals surface area contributed by atoms with Crippen molar-refractivity contribution in [3.05, 3.63) is 29.3 Å². The molecule has 1 fully saturated rings. The molecule has 0 radical (unpaired) electrons. The molecule has 1 saturated heterocycles. The first-order valence-corrected chi connectivity index (χ1v) is 7.32. The highest BCUT2D eigenvalue weighted by Gasteiger charge is 2.34. The summed E-state index contributed by atoms with van der Waals surface area (Å²) in [6.45, 7) is 1.14. The fourth-order valence-corrected chi connectivity index (χ4v) is 2.83. The van der Waals surface area contributed by atoms with Crippen molar-refractivity contribution in [1.29, 1.82) is 5.26 Å². The SMILES string of the molecule is N#Cc1ccc(NC(=O)N2CCSCC2)cc1C(F)(F)F. The molecule has 0 aliphatic carbocycles. The Hall–Kier alpha value is -1.88. The van der Waals surface area contributed by atoms with Crippen molar-refractivity contribution in [3.8, 4) is 6.07 Å². The van der Waals surface area contributed by atoms with E-state index in [1.807, 2.05) is 0 Å². The number of carbonyl (C=O) groups is 1. The van der Waals surface area contributed by atoms with E-state index in [2.05, 4.69) is 5.32 Å². The van der Waals surface area contributed by atoms with Gasteiger partial charge in [0.1, 0.15) is 0 Å². The lowest BCUT2D eigenvalue weighted by Crippen LogP contribution is -2.40.